The van der Waals surface area contributed by atoms with Crippen LogP contribution in [-0.2, 0) is 4.79 Å². The van der Waals surface area contributed by atoms with E-state index in [-0.39, 0.29) is 23.7 Å². The Hall–Kier alpha value is -3.43. The van der Waals surface area contributed by atoms with Gasteiger partial charge in [-0.05, 0) is 49.2 Å². The van der Waals surface area contributed by atoms with Crippen LogP contribution in [0.4, 0.5) is 23.2 Å². The number of carbonyl (C=O) groups is 3. The summed E-state index contributed by atoms with van der Waals surface area (Å²) in [6.45, 7) is -0.919. The van der Waals surface area contributed by atoms with E-state index in [1.807, 2.05) is 0 Å². The summed E-state index contributed by atoms with van der Waals surface area (Å²) in [6.07, 6.45) is -3.49. The number of nitrogens with one attached hydrogen (secondary N) is 2. The lowest BCUT2D eigenvalue weighted by Crippen LogP contribution is -2.44. The van der Waals surface area contributed by atoms with Gasteiger partial charge in [0.25, 0.3) is 11.8 Å². The third kappa shape index (κ3) is 6.05. The van der Waals surface area contributed by atoms with E-state index in [1.165, 1.54) is 47.4 Å². The Morgan fingerprint density at radius 2 is 1.72 bits per heavy atom. The highest BCUT2D eigenvalue weighted by molar-refractivity contribution is 6.04. The van der Waals surface area contributed by atoms with Gasteiger partial charge in [-0.2, -0.15) is 13.2 Å². The lowest BCUT2D eigenvalue weighted by Gasteiger charge is -2.32. The van der Waals surface area contributed by atoms with Crippen molar-refractivity contribution in [3.8, 4) is 0 Å². The van der Waals surface area contributed by atoms with Crippen molar-refractivity contribution in [1.82, 2.24) is 10.2 Å². The van der Waals surface area contributed by atoms with Crippen LogP contribution in [-0.4, -0.2) is 48.4 Å². The van der Waals surface area contributed by atoms with Gasteiger partial charge in [-0.25, -0.2) is 4.39 Å². The van der Waals surface area contributed by atoms with E-state index in [1.54, 1.807) is 11.4 Å². The number of anilines is 1. The van der Waals surface area contributed by atoms with Crippen LogP contribution in [0.1, 0.15) is 33.6 Å². The van der Waals surface area contributed by atoms with E-state index in [2.05, 4.69) is 5.32 Å². The van der Waals surface area contributed by atoms with Crippen molar-refractivity contribution in [1.29, 1.82) is 0 Å². The molecule has 32 heavy (non-hydrogen) atoms. The molecule has 0 saturated carbocycles. The first-order chi connectivity index (χ1) is 15.1. The van der Waals surface area contributed by atoms with Crippen LogP contribution in [0.15, 0.2) is 48.5 Å². The molecule has 1 aliphatic rings. The highest BCUT2D eigenvalue weighted by atomic mass is 19.4. The highest BCUT2D eigenvalue weighted by Crippen LogP contribution is 2.23. The third-order valence-electron chi connectivity index (χ3n) is 5.05. The Morgan fingerprint density at radius 1 is 1.03 bits per heavy atom. The second kappa shape index (κ2) is 9.80. The lowest BCUT2D eigenvalue weighted by atomic mass is 9.96. The summed E-state index contributed by atoms with van der Waals surface area (Å²) in [5.41, 5.74) is 0.290. The van der Waals surface area contributed by atoms with E-state index < -0.39 is 36.3 Å². The second-order valence-electron chi connectivity index (χ2n) is 7.43. The molecule has 6 nitrogen and oxygen atoms in total. The fraction of sp³-hybridized carbons (Fsp3) is 0.318. The lowest BCUT2D eigenvalue weighted by molar-refractivity contribution is -0.123. The highest BCUT2D eigenvalue weighted by Gasteiger charge is 2.31. The van der Waals surface area contributed by atoms with Crippen molar-refractivity contribution < 1.29 is 31.9 Å². The topological polar surface area (TPSA) is 78.5 Å². The number of amides is 3. The molecule has 0 radical (unpaired) electrons. The minimum Gasteiger partial charge on any atom is -0.343 e. The molecular formula is C22H21F4N3O3. The summed E-state index contributed by atoms with van der Waals surface area (Å²) >= 11 is 0. The van der Waals surface area contributed by atoms with Crippen molar-refractivity contribution in [2.75, 3.05) is 25.0 Å². The molecule has 1 atom stereocenters. The molecule has 3 amide bonds. The van der Waals surface area contributed by atoms with Gasteiger partial charge in [0.2, 0.25) is 5.91 Å². The number of hydrogen-bond donors (Lipinski definition) is 2. The van der Waals surface area contributed by atoms with Gasteiger partial charge in [-0.1, -0.05) is 12.1 Å². The maximum Gasteiger partial charge on any atom is 0.405 e. The van der Waals surface area contributed by atoms with Crippen molar-refractivity contribution >= 4 is 23.4 Å². The first kappa shape index (κ1) is 23.2. The maximum atomic E-state index is 13.1. The smallest absolute Gasteiger partial charge is 0.343 e. The molecule has 0 spiro atoms. The molecule has 1 unspecified atom stereocenters. The van der Waals surface area contributed by atoms with E-state index >= 15 is 0 Å². The molecular weight excluding hydrogens is 430 g/mol. The number of piperidine rings is 1. The predicted octanol–water partition coefficient (Wildman–Crippen LogP) is 3.61. The van der Waals surface area contributed by atoms with Gasteiger partial charge in [-0.3, -0.25) is 14.4 Å². The Balaban J connectivity index is 1.66. The van der Waals surface area contributed by atoms with Gasteiger partial charge >= 0.3 is 6.18 Å². The average molecular weight is 451 g/mol. The minimum absolute atomic E-state index is 0.0826. The fourth-order valence-electron chi connectivity index (χ4n) is 3.45. The zero-order valence-corrected chi connectivity index (χ0v) is 16.9. The normalized spacial score (nSPS) is 16.4. The summed E-state index contributed by atoms with van der Waals surface area (Å²) in [4.78, 5) is 39.1. The molecule has 0 bridgehead atoms. The number of likely N-dealkylation sites (tertiary alicyclic amines) is 1. The summed E-state index contributed by atoms with van der Waals surface area (Å²) < 4.78 is 50.3. The largest absolute Gasteiger partial charge is 0.405 e. The summed E-state index contributed by atoms with van der Waals surface area (Å²) in [7, 11) is 0. The van der Waals surface area contributed by atoms with Crippen LogP contribution in [0, 0.1) is 11.7 Å². The SMILES string of the molecule is O=C(NCC(F)(F)F)c1ccccc1NC(=O)C1CCCN(C(=O)c2ccc(F)cc2)C1. The molecule has 2 aromatic carbocycles. The molecule has 2 N–H and O–H groups in total. The second-order valence-corrected chi connectivity index (χ2v) is 7.43. The van der Waals surface area contributed by atoms with Crippen LogP contribution >= 0.6 is 0 Å². The first-order valence-corrected chi connectivity index (χ1v) is 9.94. The standard InChI is InChI=1S/C22H21F4N3O3/c23-16-9-7-14(8-10-16)21(32)29-11-3-4-15(12-29)19(30)28-18-6-2-1-5-17(18)20(31)27-13-22(24,25)26/h1-2,5-10,15H,3-4,11-13H2,(H,27,31)(H,28,30). The Kier molecular flexibility index (Phi) is 7.12. The van der Waals surface area contributed by atoms with Crippen LogP contribution in [0.25, 0.3) is 0 Å². The molecule has 0 aromatic heterocycles. The third-order valence-corrected chi connectivity index (χ3v) is 5.05. The number of para-hydroxylation sites is 1. The van der Waals surface area contributed by atoms with Crippen molar-refractivity contribution in [2.45, 2.75) is 19.0 Å². The van der Waals surface area contributed by atoms with E-state index in [4.69, 9.17) is 0 Å². The fourth-order valence-corrected chi connectivity index (χ4v) is 3.45. The van der Waals surface area contributed by atoms with Gasteiger partial charge < -0.3 is 15.5 Å². The number of nitrogens with zero attached hydrogens (tertiary/aromatic N) is 1. The van der Waals surface area contributed by atoms with Crippen molar-refractivity contribution in [3.05, 3.63) is 65.5 Å². The van der Waals surface area contributed by atoms with Gasteiger partial charge in [0.05, 0.1) is 17.2 Å². The van der Waals surface area contributed by atoms with Gasteiger partial charge in [0.15, 0.2) is 0 Å². The minimum atomic E-state index is -4.56. The Labute approximate surface area is 181 Å². The van der Waals surface area contributed by atoms with E-state index in [0.717, 1.165) is 0 Å². The predicted molar refractivity (Wildman–Crippen MR) is 108 cm³/mol. The molecule has 3 rings (SSSR count). The summed E-state index contributed by atoms with van der Waals surface area (Å²) in [6, 6.07) is 10.9. The van der Waals surface area contributed by atoms with Gasteiger partial charge in [0, 0.05) is 18.7 Å². The molecule has 1 heterocycles. The van der Waals surface area contributed by atoms with Crippen LogP contribution < -0.4 is 10.6 Å². The van der Waals surface area contributed by atoms with E-state index in [9.17, 15) is 31.9 Å². The average Bonchev–Trinajstić information content (AvgIpc) is 2.77. The molecule has 1 fully saturated rings. The summed E-state index contributed by atoms with van der Waals surface area (Å²) in [5, 5.41) is 4.38. The number of alkyl halides is 3. The monoisotopic (exact) mass is 451 g/mol. The van der Waals surface area contributed by atoms with Gasteiger partial charge in [0.1, 0.15) is 12.4 Å². The Bertz CT molecular complexity index is 993. The number of halogens is 4. The number of carbonyl (C=O) groups excluding carboxylic acids is 3. The molecule has 170 valence electrons. The molecule has 1 aliphatic heterocycles. The molecule has 10 heteroatoms. The van der Waals surface area contributed by atoms with Crippen LogP contribution in [0.2, 0.25) is 0 Å². The molecule has 1 saturated heterocycles. The van der Waals surface area contributed by atoms with Crippen molar-refractivity contribution in [3.63, 3.8) is 0 Å². The molecule has 2 aromatic rings. The van der Waals surface area contributed by atoms with Crippen molar-refractivity contribution in [2.24, 2.45) is 5.92 Å². The number of benzene rings is 2. The maximum absolute atomic E-state index is 13.1. The zero-order valence-electron chi connectivity index (χ0n) is 16.9. The number of hydrogen-bond acceptors (Lipinski definition) is 3. The zero-order chi connectivity index (χ0) is 23.3. The molecule has 0 aliphatic carbocycles. The van der Waals surface area contributed by atoms with E-state index in [0.29, 0.717) is 24.9 Å². The first-order valence-electron chi connectivity index (χ1n) is 9.94. The number of rotatable bonds is 5. The quantitative estimate of drug-likeness (QED) is 0.682. The summed E-state index contributed by atoms with van der Waals surface area (Å²) in [5.74, 6) is -2.77. The van der Waals surface area contributed by atoms with Crippen LogP contribution in [0.3, 0.4) is 0 Å². The Morgan fingerprint density at radius 3 is 2.41 bits per heavy atom. The van der Waals surface area contributed by atoms with Gasteiger partial charge in [-0.15, -0.1) is 0 Å². The van der Waals surface area contributed by atoms with Crippen LogP contribution in [0.5, 0.6) is 0 Å².